The Labute approximate surface area is 108 Å². The van der Waals surface area contributed by atoms with Crippen LogP contribution in [-0.4, -0.2) is 37.7 Å². The molecule has 0 radical (unpaired) electrons. The van der Waals surface area contributed by atoms with Crippen molar-refractivity contribution in [2.24, 2.45) is 5.92 Å². The van der Waals surface area contributed by atoms with Gasteiger partial charge >= 0.3 is 5.97 Å². The van der Waals surface area contributed by atoms with Crippen LogP contribution in [0.15, 0.2) is 0 Å². The second-order valence-corrected chi connectivity index (χ2v) is 4.69. The number of nitrogens with one attached hydrogen (secondary N) is 1. The molecule has 18 heavy (non-hydrogen) atoms. The Balaban J connectivity index is 2.31. The maximum Gasteiger partial charge on any atom is 0.308 e. The van der Waals surface area contributed by atoms with Crippen molar-refractivity contribution >= 4 is 11.9 Å². The van der Waals surface area contributed by atoms with E-state index in [0.29, 0.717) is 6.61 Å². The topological polar surface area (TPSA) is 64.6 Å². The van der Waals surface area contributed by atoms with Gasteiger partial charge in [-0.15, -0.1) is 0 Å². The van der Waals surface area contributed by atoms with Gasteiger partial charge in [0.1, 0.15) is 6.10 Å². The van der Waals surface area contributed by atoms with Crippen LogP contribution in [0.5, 0.6) is 0 Å². The van der Waals surface area contributed by atoms with E-state index in [9.17, 15) is 9.59 Å². The van der Waals surface area contributed by atoms with Gasteiger partial charge in [-0.1, -0.05) is 0 Å². The summed E-state index contributed by atoms with van der Waals surface area (Å²) in [5.41, 5.74) is 0. The van der Waals surface area contributed by atoms with E-state index < -0.39 is 6.10 Å². The minimum atomic E-state index is -0.423. The lowest BCUT2D eigenvalue weighted by atomic mass is 9.86. The molecule has 0 aliphatic heterocycles. The Kier molecular flexibility index (Phi) is 6.12. The van der Waals surface area contributed by atoms with E-state index in [2.05, 4.69) is 5.32 Å². The average Bonchev–Trinajstić information content (AvgIpc) is 2.38. The zero-order valence-electron chi connectivity index (χ0n) is 11.4. The fourth-order valence-corrected chi connectivity index (χ4v) is 2.16. The maximum atomic E-state index is 11.6. The smallest absolute Gasteiger partial charge is 0.308 e. The summed E-state index contributed by atoms with van der Waals surface area (Å²) in [6, 6.07) is 0.153. The molecule has 0 bridgehead atoms. The van der Waals surface area contributed by atoms with E-state index in [1.54, 1.807) is 6.92 Å². The fraction of sp³-hybridized carbons (Fsp3) is 0.846. The van der Waals surface area contributed by atoms with E-state index in [1.807, 2.05) is 6.92 Å². The first-order chi connectivity index (χ1) is 8.58. The minimum Gasteiger partial charge on any atom is -0.466 e. The summed E-state index contributed by atoms with van der Waals surface area (Å²) in [4.78, 5) is 23.2. The average molecular weight is 257 g/mol. The molecule has 0 heterocycles. The third kappa shape index (κ3) is 4.29. The third-order valence-electron chi connectivity index (χ3n) is 3.42. The number of hydrogen-bond acceptors (Lipinski definition) is 4. The summed E-state index contributed by atoms with van der Waals surface area (Å²) >= 11 is 0. The molecule has 1 aliphatic rings. The SMILES string of the molecule is CCOC(=O)C1CCC(NC(=O)C(C)OC)CC1. The van der Waals surface area contributed by atoms with Crippen molar-refractivity contribution in [3.05, 3.63) is 0 Å². The predicted octanol–water partition coefficient (Wildman–Crippen LogP) is 1.26. The largest absolute Gasteiger partial charge is 0.466 e. The molecule has 1 fully saturated rings. The quantitative estimate of drug-likeness (QED) is 0.753. The first-order valence-electron chi connectivity index (χ1n) is 6.58. The standard InChI is InChI=1S/C13H23NO4/c1-4-18-13(16)10-5-7-11(8-6-10)14-12(15)9(2)17-3/h9-11H,4-8H2,1-3H3,(H,14,15). The van der Waals surface area contributed by atoms with Gasteiger partial charge in [-0.05, 0) is 39.5 Å². The number of rotatable bonds is 5. The molecule has 0 saturated heterocycles. The van der Waals surface area contributed by atoms with Crippen LogP contribution in [-0.2, 0) is 19.1 Å². The van der Waals surface area contributed by atoms with Gasteiger partial charge in [0.25, 0.3) is 0 Å². The molecule has 1 atom stereocenters. The van der Waals surface area contributed by atoms with E-state index in [4.69, 9.17) is 9.47 Å². The molecule has 104 valence electrons. The normalized spacial score (nSPS) is 25.3. The Bertz CT molecular complexity index is 285. The first kappa shape index (κ1) is 15.0. The van der Waals surface area contributed by atoms with Crippen molar-refractivity contribution < 1.29 is 19.1 Å². The number of ether oxygens (including phenoxy) is 2. The van der Waals surface area contributed by atoms with Gasteiger partial charge in [-0.25, -0.2) is 0 Å². The number of hydrogen-bond donors (Lipinski definition) is 1. The van der Waals surface area contributed by atoms with Gasteiger partial charge in [0, 0.05) is 13.2 Å². The van der Waals surface area contributed by atoms with E-state index in [1.165, 1.54) is 7.11 Å². The van der Waals surface area contributed by atoms with Crippen LogP contribution in [0.25, 0.3) is 0 Å². The third-order valence-corrected chi connectivity index (χ3v) is 3.42. The predicted molar refractivity (Wildman–Crippen MR) is 67.0 cm³/mol. The van der Waals surface area contributed by atoms with Crippen molar-refractivity contribution in [1.29, 1.82) is 0 Å². The highest BCUT2D eigenvalue weighted by atomic mass is 16.5. The second-order valence-electron chi connectivity index (χ2n) is 4.69. The highest BCUT2D eigenvalue weighted by molar-refractivity contribution is 5.80. The van der Waals surface area contributed by atoms with E-state index in [0.717, 1.165) is 25.7 Å². The van der Waals surface area contributed by atoms with Gasteiger partial charge < -0.3 is 14.8 Å². The molecule has 0 aromatic heterocycles. The molecule has 1 rings (SSSR count). The molecule has 5 nitrogen and oxygen atoms in total. The fourth-order valence-electron chi connectivity index (χ4n) is 2.16. The summed E-state index contributed by atoms with van der Waals surface area (Å²) in [6.07, 6.45) is 2.79. The van der Waals surface area contributed by atoms with Crippen LogP contribution in [0, 0.1) is 5.92 Å². The molecule has 1 saturated carbocycles. The molecule has 0 aromatic carbocycles. The van der Waals surface area contributed by atoms with Crippen molar-refractivity contribution in [1.82, 2.24) is 5.32 Å². The molecule has 1 amide bonds. The van der Waals surface area contributed by atoms with Crippen molar-refractivity contribution in [2.45, 2.75) is 51.7 Å². The van der Waals surface area contributed by atoms with Crippen LogP contribution >= 0.6 is 0 Å². The molecule has 0 spiro atoms. The number of carbonyl (C=O) groups excluding carboxylic acids is 2. The second kappa shape index (κ2) is 7.36. The van der Waals surface area contributed by atoms with Crippen molar-refractivity contribution in [2.75, 3.05) is 13.7 Å². The van der Waals surface area contributed by atoms with Gasteiger partial charge in [-0.2, -0.15) is 0 Å². The first-order valence-corrected chi connectivity index (χ1v) is 6.58. The minimum absolute atomic E-state index is 0.00190. The van der Waals surface area contributed by atoms with Gasteiger partial charge in [0.2, 0.25) is 5.91 Å². The summed E-state index contributed by atoms with van der Waals surface area (Å²) in [6.45, 7) is 3.97. The summed E-state index contributed by atoms with van der Waals surface area (Å²) in [5, 5.41) is 2.94. The zero-order valence-corrected chi connectivity index (χ0v) is 11.4. The lowest BCUT2D eigenvalue weighted by molar-refractivity contribution is -0.149. The van der Waals surface area contributed by atoms with Gasteiger partial charge in [0.05, 0.1) is 12.5 Å². The monoisotopic (exact) mass is 257 g/mol. The lowest BCUT2D eigenvalue weighted by Crippen LogP contribution is -2.43. The molecule has 1 N–H and O–H groups in total. The molecule has 1 aliphatic carbocycles. The molecular formula is C13H23NO4. The van der Waals surface area contributed by atoms with Crippen molar-refractivity contribution in [3.8, 4) is 0 Å². The Morgan fingerprint density at radius 3 is 2.39 bits per heavy atom. The van der Waals surface area contributed by atoms with Crippen LogP contribution in [0.4, 0.5) is 0 Å². The molecule has 5 heteroatoms. The highest BCUT2D eigenvalue weighted by Gasteiger charge is 2.28. The number of amides is 1. The van der Waals surface area contributed by atoms with E-state index >= 15 is 0 Å². The number of esters is 1. The Morgan fingerprint density at radius 1 is 1.28 bits per heavy atom. The molecular weight excluding hydrogens is 234 g/mol. The number of carbonyl (C=O) groups is 2. The maximum absolute atomic E-state index is 11.6. The summed E-state index contributed by atoms with van der Waals surface area (Å²) < 4.78 is 9.97. The highest BCUT2D eigenvalue weighted by Crippen LogP contribution is 2.25. The zero-order chi connectivity index (χ0) is 13.5. The van der Waals surface area contributed by atoms with Gasteiger partial charge in [-0.3, -0.25) is 9.59 Å². The van der Waals surface area contributed by atoms with Crippen LogP contribution < -0.4 is 5.32 Å². The van der Waals surface area contributed by atoms with Gasteiger partial charge in [0.15, 0.2) is 0 Å². The Morgan fingerprint density at radius 2 is 1.89 bits per heavy atom. The number of methoxy groups -OCH3 is 1. The summed E-state index contributed by atoms with van der Waals surface area (Å²) in [5.74, 6) is -0.192. The van der Waals surface area contributed by atoms with E-state index in [-0.39, 0.29) is 23.8 Å². The van der Waals surface area contributed by atoms with Crippen molar-refractivity contribution in [3.63, 3.8) is 0 Å². The molecule has 1 unspecified atom stereocenters. The molecule has 0 aromatic rings. The van der Waals surface area contributed by atoms with Crippen LogP contribution in [0.2, 0.25) is 0 Å². The lowest BCUT2D eigenvalue weighted by Gasteiger charge is -2.28. The summed E-state index contributed by atoms with van der Waals surface area (Å²) in [7, 11) is 1.52. The Hall–Kier alpha value is -1.10. The van der Waals surface area contributed by atoms with Crippen LogP contribution in [0.1, 0.15) is 39.5 Å². The van der Waals surface area contributed by atoms with Crippen LogP contribution in [0.3, 0.4) is 0 Å².